The molecule has 8 heteroatoms. The molecule has 0 spiro atoms. The first-order chi connectivity index (χ1) is 23.5. The number of nitrogens with zero attached hydrogens (tertiary/aromatic N) is 2. The number of methoxy groups -OCH3 is 2. The zero-order valence-electron chi connectivity index (χ0n) is 26.4. The zero-order chi connectivity index (χ0) is 32.8. The van der Waals surface area contributed by atoms with Crippen LogP contribution in [0.5, 0.6) is 17.2 Å². The summed E-state index contributed by atoms with van der Waals surface area (Å²) in [4.78, 5) is 20.2. The van der Waals surface area contributed by atoms with Gasteiger partial charge >= 0.3 is 0 Å². The quantitative estimate of drug-likeness (QED) is 0.157. The predicted molar refractivity (Wildman–Crippen MR) is 200 cm³/mol. The molecule has 6 nitrogen and oxygen atoms in total. The lowest BCUT2D eigenvalue weighted by molar-refractivity contribution is 0.283. The highest BCUT2D eigenvalue weighted by Crippen LogP contribution is 2.42. The second kappa shape index (κ2) is 12.7. The van der Waals surface area contributed by atoms with Crippen molar-refractivity contribution in [2.45, 2.75) is 25.5 Å². The van der Waals surface area contributed by atoms with Gasteiger partial charge < -0.3 is 14.2 Å². The van der Waals surface area contributed by atoms with Crippen molar-refractivity contribution in [2.75, 3.05) is 14.2 Å². The standard InChI is InChI=1S/C40H31IN2O4S/c1-45-29-14-8-12-27(22-29)37-32-18-17-26-10-4-6-16-31(26)36(32)42-40-43(37)39(44)35(48-40)21-24-19-33(41)38(34(20-24)46-2)47-23-28-13-7-11-25-9-3-5-15-30(25)28/h3-16,19-22,37H,17-18,23H2,1-2H3/b35-21-/t37-/m1/s1. The monoisotopic (exact) mass is 762 g/mol. The number of allylic oxidation sites excluding steroid dienone is 1. The number of hydrogen-bond acceptors (Lipinski definition) is 6. The van der Waals surface area contributed by atoms with E-state index in [9.17, 15) is 4.79 Å². The van der Waals surface area contributed by atoms with Crippen molar-refractivity contribution >= 4 is 56.5 Å². The average molecular weight is 763 g/mol. The molecule has 0 amide bonds. The maximum Gasteiger partial charge on any atom is 0.271 e. The number of hydrogen-bond donors (Lipinski definition) is 0. The molecule has 1 aliphatic heterocycles. The number of halogens is 1. The van der Waals surface area contributed by atoms with Crippen LogP contribution in [0.15, 0.2) is 118 Å². The van der Waals surface area contributed by atoms with Crippen molar-refractivity contribution < 1.29 is 14.2 Å². The molecule has 1 aliphatic carbocycles. The van der Waals surface area contributed by atoms with Crippen LogP contribution in [-0.4, -0.2) is 18.8 Å². The Hall–Kier alpha value is -4.67. The summed E-state index contributed by atoms with van der Waals surface area (Å²) in [5.74, 6) is 2.05. The van der Waals surface area contributed by atoms with Gasteiger partial charge in [0.25, 0.3) is 5.56 Å². The summed E-state index contributed by atoms with van der Waals surface area (Å²) in [5, 5.41) is 2.34. The van der Waals surface area contributed by atoms with Crippen LogP contribution in [0, 0.1) is 3.57 Å². The molecule has 238 valence electrons. The van der Waals surface area contributed by atoms with E-state index in [0.717, 1.165) is 55.7 Å². The van der Waals surface area contributed by atoms with E-state index in [-0.39, 0.29) is 11.6 Å². The van der Waals surface area contributed by atoms with Crippen LogP contribution in [0.1, 0.15) is 40.3 Å². The Kier molecular flexibility index (Phi) is 8.14. The fourth-order valence-electron chi connectivity index (χ4n) is 6.82. The van der Waals surface area contributed by atoms with Gasteiger partial charge in [0.15, 0.2) is 16.3 Å². The van der Waals surface area contributed by atoms with Gasteiger partial charge in [0.2, 0.25) is 0 Å². The number of fused-ring (bicyclic) bond motifs is 4. The summed E-state index contributed by atoms with van der Waals surface area (Å²) in [6.07, 6.45) is 3.67. The van der Waals surface area contributed by atoms with E-state index in [0.29, 0.717) is 27.4 Å². The van der Waals surface area contributed by atoms with Crippen LogP contribution < -0.4 is 29.1 Å². The molecule has 1 atom stereocenters. The first-order valence-electron chi connectivity index (χ1n) is 15.8. The highest BCUT2D eigenvalue weighted by Gasteiger charge is 2.32. The van der Waals surface area contributed by atoms with Crippen molar-refractivity contribution in [1.82, 2.24) is 4.57 Å². The first kappa shape index (κ1) is 30.7. The van der Waals surface area contributed by atoms with Gasteiger partial charge in [0.1, 0.15) is 12.4 Å². The smallest absolute Gasteiger partial charge is 0.271 e. The van der Waals surface area contributed by atoms with Crippen molar-refractivity contribution in [1.29, 1.82) is 0 Å². The minimum Gasteiger partial charge on any atom is -0.497 e. The second-order valence-electron chi connectivity index (χ2n) is 11.9. The Morgan fingerprint density at radius 3 is 2.60 bits per heavy atom. The number of thiazole rings is 1. The molecule has 0 radical (unpaired) electrons. The number of rotatable bonds is 7. The Bertz CT molecular complexity index is 2440. The van der Waals surface area contributed by atoms with E-state index in [1.807, 2.05) is 53.1 Å². The van der Waals surface area contributed by atoms with Crippen molar-refractivity contribution in [3.63, 3.8) is 0 Å². The van der Waals surface area contributed by atoms with Crippen LogP contribution >= 0.6 is 33.9 Å². The minimum atomic E-state index is -0.277. The summed E-state index contributed by atoms with van der Waals surface area (Å²) in [6, 6.07) is 34.7. The number of aromatic nitrogens is 1. The Balaban J connectivity index is 1.21. The van der Waals surface area contributed by atoms with Gasteiger partial charge in [-0.05, 0) is 104 Å². The van der Waals surface area contributed by atoms with E-state index in [1.165, 1.54) is 27.7 Å². The fraction of sp³-hybridized carbons (Fsp3) is 0.150. The van der Waals surface area contributed by atoms with E-state index in [1.54, 1.807) is 14.2 Å². The van der Waals surface area contributed by atoms with Gasteiger partial charge in [0, 0.05) is 5.56 Å². The Morgan fingerprint density at radius 1 is 0.917 bits per heavy atom. The van der Waals surface area contributed by atoms with Gasteiger partial charge in [-0.1, -0.05) is 90.2 Å². The van der Waals surface area contributed by atoms with Crippen LogP contribution in [0.3, 0.4) is 0 Å². The van der Waals surface area contributed by atoms with Crippen molar-refractivity contribution in [2.24, 2.45) is 4.99 Å². The van der Waals surface area contributed by atoms with Gasteiger partial charge in [-0.15, -0.1) is 0 Å². The largest absolute Gasteiger partial charge is 0.497 e. The molecule has 5 aromatic carbocycles. The first-order valence-corrected chi connectivity index (χ1v) is 17.7. The van der Waals surface area contributed by atoms with E-state index < -0.39 is 0 Å². The van der Waals surface area contributed by atoms with Gasteiger partial charge in [0.05, 0.1) is 34.1 Å². The fourth-order valence-corrected chi connectivity index (χ4v) is 8.60. The molecule has 2 aliphatic rings. The lowest BCUT2D eigenvalue weighted by atomic mass is 9.83. The molecule has 6 aromatic rings. The summed E-state index contributed by atoms with van der Waals surface area (Å²) < 4.78 is 21.2. The number of ether oxygens (including phenoxy) is 3. The van der Waals surface area contributed by atoms with E-state index >= 15 is 0 Å². The third-order valence-corrected chi connectivity index (χ3v) is 10.9. The maximum atomic E-state index is 14.3. The zero-order valence-corrected chi connectivity index (χ0v) is 29.4. The normalized spacial score (nSPS) is 15.4. The molecule has 0 saturated heterocycles. The van der Waals surface area contributed by atoms with Crippen molar-refractivity contribution in [3.05, 3.63) is 160 Å². The minimum absolute atomic E-state index is 0.0674. The van der Waals surface area contributed by atoms with Crippen LogP contribution in [0.25, 0.3) is 22.5 Å². The molecule has 0 unspecified atom stereocenters. The molecule has 0 saturated carbocycles. The Labute approximate surface area is 295 Å². The SMILES string of the molecule is COc1cccc([C@@H]2C3=C(N=c4s/c(=C\c5cc(I)c(OCc6cccc7ccccc67)c(OC)c5)c(=O)n42)c2ccccc2CC3)c1. The average Bonchev–Trinajstić information content (AvgIpc) is 3.43. The van der Waals surface area contributed by atoms with Crippen LogP contribution in [0.4, 0.5) is 0 Å². The highest BCUT2D eigenvalue weighted by molar-refractivity contribution is 14.1. The summed E-state index contributed by atoms with van der Waals surface area (Å²) in [7, 11) is 3.31. The maximum absolute atomic E-state index is 14.3. The summed E-state index contributed by atoms with van der Waals surface area (Å²) in [5.41, 5.74) is 7.45. The number of benzene rings is 5. The Morgan fingerprint density at radius 2 is 1.73 bits per heavy atom. The molecular formula is C40H31IN2O4S. The molecule has 2 heterocycles. The van der Waals surface area contributed by atoms with Gasteiger partial charge in [-0.2, -0.15) is 0 Å². The topological polar surface area (TPSA) is 62.0 Å². The van der Waals surface area contributed by atoms with Crippen LogP contribution in [-0.2, 0) is 13.0 Å². The lowest BCUT2D eigenvalue weighted by Crippen LogP contribution is -2.38. The molecular weight excluding hydrogens is 731 g/mol. The summed E-state index contributed by atoms with van der Waals surface area (Å²) >= 11 is 3.70. The highest BCUT2D eigenvalue weighted by atomic mass is 127. The molecule has 48 heavy (non-hydrogen) atoms. The van der Waals surface area contributed by atoms with E-state index in [4.69, 9.17) is 19.2 Å². The molecule has 0 fully saturated rings. The van der Waals surface area contributed by atoms with Gasteiger partial charge in [-0.3, -0.25) is 9.36 Å². The third-order valence-electron chi connectivity index (χ3n) is 9.08. The van der Waals surface area contributed by atoms with E-state index in [2.05, 4.69) is 83.3 Å². The molecule has 8 rings (SSSR count). The summed E-state index contributed by atoms with van der Waals surface area (Å²) in [6.45, 7) is 0.406. The molecule has 0 bridgehead atoms. The molecule has 0 N–H and O–H groups in total. The van der Waals surface area contributed by atoms with Gasteiger partial charge in [-0.25, -0.2) is 4.99 Å². The third kappa shape index (κ3) is 5.42. The molecule has 1 aromatic heterocycles. The van der Waals surface area contributed by atoms with Crippen LogP contribution in [0.2, 0.25) is 0 Å². The van der Waals surface area contributed by atoms with Crippen molar-refractivity contribution in [3.8, 4) is 17.2 Å². The second-order valence-corrected chi connectivity index (χ2v) is 14.0. The lowest BCUT2D eigenvalue weighted by Gasteiger charge is -2.31. The predicted octanol–water partition coefficient (Wildman–Crippen LogP) is 7.67. The number of aryl methyl sites for hydroxylation is 1.